The van der Waals surface area contributed by atoms with Gasteiger partial charge >= 0.3 is 6.18 Å². The van der Waals surface area contributed by atoms with Crippen molar-refractivity contribution in [2.75, 3.05) is 26.2 Å². The molecule has 0 saturated carbocycles. The van der Waals surface area contributed by atoms with Gasteiger partial charge in [0.05, 0.1) is 10.0 Å². The number of benzene rings is 1. The molecule has 0 spiro atoms. The van der Waals surface area contributed by atoms with Crippen molar-refractivity contribution in [3.63, 3.8) is 0 Å². The van der Waals surface area contributed by atoms with Crippen molar-refractivity contribution >= 4 is 59.6 Å². The number of nitrogens with one attached hydrogen (secondary N) is 1. The van der Waals surface area contributed by atoms with E-state index in [4.69, 9.17) is 34.8 Å². The monoisotopic (exact) mass is 446 g/mol. The van der Waals surface area contributed by atoms with Gasteiger partial charge in [-0.25, -0.2) is 0 Å². The van der Waals surface area contributed by atoms with Crippen molar-refractivity contribution in [3.05, 3.63) is 32.8 Å². The molecular weight excluding hydrogens is 430 g/mol. The van der Waals surface area contributed by atoms with Crippen LogP contribution >= 0.6 is 59.6 Å². The van der Waals surface area contributed by atoms with Crippen molar-refractivity contribution in [2.24, 2.45) is 0 Å². The Morgan fingerprint density at radius 3 is 2.12 bits per heavy atom. The molecule has 10 heteroatoms. The van der Waals surface area contributed by atoms with Gasteiger partial charge in [-0.3, -0.25) is 4.90 Å². The van der Waals surface area contributed by atoms with Gasteiger partial charge in [0.25, 0.3) is 0 Å². The largest absolute Gasteiger partial charge is 0.389 e. The third kappa shape index (κ3) is 6.60. The van der Waals surface area contributed by atoms with Crippen LogP contribution in [0.3, 0.4) is 0 Å². The first-order chi connectivity index (χ1) is 10.3. The first kappa shape index (κ1) is 24.4. The lowest BCUT2D eigenvalue weighted by atomic mass is 9.99. The Morgan fingerprint density at radius 2 is 1.58 bits per heavy atom. The highest BCUT2D eigenvalue weighted by Crippen LogP contribution is 2.41. The third-order valence-corrected chi connectivity index (χ3v) is 4.85. The summed E-state index contributed by atoms with van der Waals surface area (Å²) < 4.78 is 38.0. The van der Waals surface area contributed by atoms with Gasteiger partial charge in [-0.15, -0.1) is 24.8 Å². The number of rotatable bonds is 4. The lowest BCUT2D eigenvalue weighted by Crippen LogP contribution is -2.45. The summed E-state index contributed by atoms with van der Waals surface area (Å²) in [6.45, 7) is 2.72. The number of hydrogen-bond acceptors (Lipinski definition) is 2. The predicted octanol–water partition coefficient (Wildman–Crippen LogP) is 5.78. The SMILES string of the molecule is Cl.Cl.FC(F)(F)CC[C@H](c1c(Cl)ccc(Cl)c1Cl)N1CCNCC1. The number of piperazine rings is 1. The fraction of sp³-hybridized carbons (Fsp3) is 0.571. The van der Waals surface area contributed by atoms with E-state index < -0.39 is 18.6 Å². The van der Waals surface area contributed by atoms with E-state index in [0.29, 0.717) is 28.7 Å². The second-order valence-corrected chi connectivity index (χ2v) is 6.40. The zero-order valence-corrected chi connectivity index (χ0v) is 16.4. The Kier molecular flexibility index (Phi) is 10.7. The van der Waals surface area contributed by atoms with Crippen LogP contribution in [0.5, 0.6) is 0 Å². The van der Waals surface area contributed by atoms with E-state index >= 15 is 0 Å². The van der Waals surface area contributed by atoms with E-state index in [9.17, 15) is 13.2 Å². The number of alkyl halides is 3. The van der Waals surface area contributed by atoms with Crippen LogP contribution in [0.25, 0.3) is 0 Å². The van der Waals surface area contributed by atoms with Gasteiger partial charge in [0.2, 0.25) is 0 Å². The molecule has 0 aromatic heterocycles. The summed E-state index contributed by atoms with van der Waals surface area (Å²) in [7, 11) is 0. The van der Waals surface area contributed by atoms with Crippen LogP contribution in [0.2, 0.25) is 15.1 Å². The van der Waals surface area contributed by atoms with E-state index in [1.807, 2.05) is 4.90 Å². The van der Waals surface area contributed by atoms with Gasteiger partial charge < -0.3 is 5.32 Å². The lowest BCUT2D eigenvalue weighted by Gasteiger charge is -2.36. The van der Waals surface area contributed by atoms with Crippen LogP contribution < -0.4 is 5.32 Å². The van der Waals surface area contributed by atoms with Gasteiger partial charge in [-0.1, -0.05) is 34.8 Å². The van der Waals surface area contributed by atoms with Gasteiger partial charge in [0.15, 0.2) is 0 Å². The van der Waals surface area contributed by atoms with Gasteiger partial charge in [0.1, 0.15) is 0 Å². The Morgan fingerprint density at radius 1 is 1.04 bits per heavy atom. The second kappa shape index (κ2) is 10.5. The average molecular weight is 449 g/mol. The quantitative estimate of drug-likeness (QED) is 0.588. The Hall–Kier alpha value is 0.380. The molecule has 0 amide bonds. The minimum absolute atomic E-state index is 0. The molecule has 1 aliphatic heterocycles. The summed E-state index contributed by atoms with van der Waals surface area (Å²) in [6.07, 6.45) is -5.20. The first-order valence-electron chi connectivity index (χ1n) is 6.94. The molecule has 1 aromatic carbocycles. The summed E-state index contributed by atoms with van der Waals surface area (Å²) in [5.41, 5.74) is 0.488. The van der Waals surface area contributed by atoms with E-state index in [1.54, 1.807) is 12.1 Å². The molecule has 2 rings (SSSR count). The fourth-order valence-electron chi connectivity index (χ4n) is 2.65. The maximum atomic E-state index is 12.7. The topological polar surface area (TPSA) is 15.3 Å². The molecule has 0 radical (unpaired) electrons. The van der Waals surface area contributed by atoms with E-state index in [2.05, 4.69) is 5.32 Å². The average Bonchev–Trinajstić information content (AvgIpc) is 2.46. The van der Waals surface area contributed by atoms with Gasteiger partial charge in [-0.05, 0) is 18.6 Å². The van der Waals surface area contributed by atoms with Crippen LogP contribution in [0.15, 0.2) is 12.1 Å². The first-order valence-corrected chi connectivity index (χ1v) is 8.08. The molecule has 1 saturated heterocycles. The summed E-state index contributed by atoms with van der Waals surface area (Å²) in [5.74, 6) is 0. The maximum Gasteiger partial charge on any atom is 0.389 e. The van der Waals surface area contributed by atoms with Crippen LogP contribution in [-0.2, 0) is 0 Å². The lowest BCUT2D eigenvalue weighted by molar-refractivity contribution is -0.138. The van der Waals surface area contributed by atoms with E-state index in [0.717, 1.165) is 13.1 Å². The Bertz CT molecular complexity index is 522. The van der Waals surface area contributed by atoms with Crippen LogP contribution in [0.1, 0.15) is 24.4 Å². The molecule has 0 aliphatic carbocycles. The molecule has 1 atom stereocenters. The van der Waals surface area contributed by atoms with Crippen molar-refractivity contribution < 1.29 is 13.2 Å². The summed E-state index contributed by atoms with van der Waals surface area (Å²) in [4.78, 5) is 1.98. The minimum Gasteiger partial charge on any atom is -0.314 e. The highest BCUT2D eigenvalue weighted by Gasteiger charge is 2.33. The molecule has 1 aliphatic rings. The molecule has 1 fully saturated rings. The highest BCUT2D eigenvalue weighted by atomic mass is 35.5. The molecule has 1 N–H and O–H groups in total. The maximum absolute atomic E-state index is 12.7. The van der Waals surface area contributed by atoms with Crippen LogP contribution in [0, 0.1) is 0 Å². The summed E-state index contributed by atoms with van der Waals surface area (Å²) >= 11 is 18.4. The Labute approximate surface area is 166 Å². The van der Waals surface area contributed by atoms with Crippen molar-refractivity contribution in [1.82, 2.24) is 10.2 Å². The molecule has 1 aromatic rings. The minimum atomic E-state index is -4.22. The predicted molar refractivity (Wildman–Crippen MR) is 98.4 cm³/mol. The van der Waals surface area contributed by atoms with E-state index in [-0.39, 0.29) is 36.3 Å². The van der Waals surface area contributed by atoms with Crippen LogP contribution in [-0.4, -0.2) is 37.3 Å². The zero-order chi connectivity index (χ0) is 16.3. The number of nitrogens with zero attached hydrogens (tertiary/aromatic N) is 1. The van der Waals surface area contributed by atoms with Crippen LogP contribution in [0.4, 0.5) is 13.2 Å². The number of hydrogen-bond donors (Lipinski definition) is 1. The zero-order valence-electron chi connectivity index (χ0n) is 12.5. The molecule has 140 valence electrons. The molecule has 0 unspecified atom stereocenters. The fourth-order valence-corrected chi connectivity index (χ4v) is 3.44. The van der Waals surface area contributed by atoms with Crippen molar-refractivity contribution in [2.45, 2.75) is 25.1 Å². The molecule has 24 heavy (non-hydrogen) atoms. The standard InChI is InChI=1S/C14H16Cl3F3N2.2ClH/c15-9-1-2-10(16)13(17)12(9)11(3-4-14(18,19)20)22-7-5-21-6-8-22;;/h1-2,11,21H,3-8H2;2*1H/t11-;;/m1../s1. The second-order valence-electron chi connectivity index (χ2n) is 5.21. The summed E-state index contributed by atoms with van der Waals surface area (Å²) in [6, 6.07) is 2.63. The third-order valence-electron chi connectivity index (χ3n) is 3.71. The van der Waals surface area contributed by atoms with E-state index in [1.165, 1.54) is 0 Å². The molecule has 2 nitrogen and oxygen atoms in total. The molecule has 0 bridgehead atoms. The Balaban J connectivity index is 0.00000264. The van der Waals surface area contributed by atoms with Gasteiger partial charge in [-0.2, -0.15) is 13.2 Å². The molecular formula is C14H18Cl5F3N2. The normalized spacial score (nSPS) is 16.9. The summed E-state index contributed by atoms with van der Waals surface area (Å²) in [5, 5.41) is 4.06. The smallest absolute Gasteiger partial charge is 0.314 e. The van der Waals surface area contributed by atoms with Gasteiger partial charge in [0, 0.05) is 49.2 Å². The number of halogens is 8. The van der Waals surface area contributed by atoms with Crippen molar-refractivity contribution in [3.8, 4) is 0 Å². The highest BCUT2D eigenvalue weighted by molar-refractivity contribution is 6.44. The van der Waals surface area contributed by atoms with Crippen molar-refractivity contribution in [1.29, 1.82) is 0 Å². The molecule has 1 heterocycles.